The minimum absolute atomic E-state index is 0.102. The van der Waals surface area contributed by atoms with Crippen molar-refractivity contribution in [1.29, 1.82) is 0 Å². The molecule has 118 valence electrons. The van der Waals surface area contributed by atoms with Crippen molar-refractivity contribution < 1.29 is 4.74 Å². The fourth-order valence-electron chi connectivity index (χ4n) is 3.95. The molecule has 2 N–H and O–H groups in total. The highest BCUT2D eigenvalue weighted by Crippen LogP contribution is 2.46. The lowest BCUT2D eigenvalue weighted by Gasteiger charge is -2.55. The van der Waals surface area contributed by atoms with Gasteiger partial charge < -0.3 is 10.5 Å². The summed E-state index contributed by atoms with van der Waals surface area (Å²) in [5, 5.41) is 0. The summed E-state index contributed by atoms with van der Waals surface area (Å²) in [5.74, 6) is 0.910. The van der Waals surface area contributed by atoms with Gasteiger partial charge in [0.15, 0.2) is 0 Å². The Labute approximate surface area is 129 Å². The van der Waals surface area contributed by atoms with E-state index >= 15 is 0 Å². The van der Waals surface area contributed by atoms with Crippen LogP contribution in [0.1, 0.15) is 45.1 Å². The third-order valence-electron chi connectivity index (χ3n) is 5.55. The van der Waals surface area contributed by atoms with E-state index in [2.05, 4.69) is 37.9 Å². The van der Waals surface area contributed by atoms with E-state index in [1.807, 2.05) is 12.1 Å². The summed E-state index contributed by atoms with van der Waals surface area (Å²) in [6.45, 7) is 6.42. The van der Waals surface area contributed by atoms with Gasteiger partial charge in [-0.05, 0) is 43.0 Å². The van der Waals surface area contributed by atoms with Crippen LogP contribution in [0.5, 0.6) is 5.75 Å². The van der Waals surface area contributed by atoms with Gasteiger partial charge in [-0.15, -0.1) is 0 Å². The highest BCUT2D eigenvalue weighted by Gasteiger charge is 2.48. The van der Waals surface area contributed by atoms with Gasteiger partial charge in [0.05, 0.1) is 7.11 Å². The van der Waals surface area contributed by atoms with Crippen LogP contribution in [0.3, 0.4) is 0 Å². The number of ether oxygens (including phenoxy) is 1. The molecule has 1 aliphatic carbocycles. The summed E-state index contributed by atoms with van der Waals surface area (Å²) in [4.78, 5) is 2.48. The number of methoxy groups -OCH3 is 1. The average Bonchev–Trinajstić information content (AvgIpc) is 2.48. The molecule has 1 saturated carbocycles. The summed E-state index contributed by atoms with van der Waals surface area (Å²) < 4.78 is 5.23. The van der Waals surface area contributed by atoms with Crippen LogP contribution in [0, 0.1) is 5.41 Å². The lowest BCUT2D eigenvalue weighted by Crippen LogP contribution is -2.62. The van der Waals surface area contributed by atoms with E-state index in [4.69, 9.17) is 10.5 Å². The molecule has 1 aliphatic rings. The minimum Gasteiger partial charge on any atom is -0.497 e. The van der Waals surface area contributed by atoms with Crippen molar-refractivity contribution in [1.82, 2.24) is 4.90 Å². The highest BCUT2D eigenvalue weighted by atomic mass is 16.5. The first-order chi connectivity index (χ1) is 9.95. The Hall–Kier alpha value is -1.06. The van der Waals surface area contributed by atoms with Crippen LogP contribution in [0.2, 0.25) is 0 Å². The molecule has 1 atom stereocenters. The van der Waals surface area contributed by atoms with E-state index in [1.54, 1.807) is 7.11 Å². The fraction of sp³-hybridized carbons (Fsp3) is 0.667. The molecule has 0 amide bonds. The quantitative estimate of drug-likeness (QED) is 0.903. The normalized spacial score (nSPS) is 25.0. The predicted octanol–water partition coefficient (Wildman–Crippen LogP) is 3.42. The minimum atomic E-state index is 0.102. The molecule has 2 rings (SSSR count). The van der Waals surface area contributed by atoms with Crippen LogP contribution < -0.4 is 10.5 Å². The zero-order chi connectivity index (χ0) is 15.5. The topological polar surface area (TPSA) is 38.5 Å². The van der Waals surface area contributed by atoms with E-state index in [9.17, 15) is 0 Å². The number of rotatable bonds is 5. The number of hydrogen-bond donors (Lipinski definition) is 1. The van der Waals surface area contributed by atoms with Crippen molar-refractivity contribution in [3.05, 3.63) is 29.8 Å². The summed E-state index contributed by atoms with van der Waals surface area (Å²) in [6.07, 6.45) is 5.07. The van der Waals surface area contributed by atoms with Crippen molar-refractivity contribution in [3.8, 4) is 5.75 Å². The van der Waals surface area contributed by atoms with Gasteiger partial charge in [0.1, 0.15) is 5.75 Å². The van der Waals surface area contributed by atoms with Crippen molar-refractivity contribution in [3.63, 3.8) is 0 Å². The Balaban J connectivity index is 2.17. The summed E-state index contributed by atoms with van der Waals surface area (Å²) in [7, 11) is 3.93. The maximum Gasteiger partial charge on any atom is 0.118 e. The molecule has 0 spiro atoms. The largest absolute Gasteiger partial charge is 0.497 e. The van der Waals surface area contributed by atoms with Crippen LogP contribution in [-0.4, -0.2) is 31.1 Å². The Bertz CT molecular complexity index is 455. The molecule has 0 aliphatic heterocycles. The van der Waals surface area contributed by atoms with Crippen LogP contribution in [0.25, 0.3) is 0 Å². The van der Waals surface area contributed by atoms with Gasteiger partial charge in [0, 0.05) is 18.6 Å². The molecule has 0 saturated heterocycles. The van der Waals surface area contributed by atoms with Crippen LogP contribution >= 0.6 is 0 Å². The molecule has 1 fully saturated rings. The zero-order valence-electron chi connectivity index (χ0n) is 14.0. The Morgan fingerprint density at radius 1 is 1.14 bits per heavy atom. The molecular weight excluding hydrogens is 260 g/mol. The van der Waals surface area contributed by atoms with Gasteiger partial charge in [-0.25, -0.2) is 0 Å². The van der Waals surface area contributed by atoms with E-state index in [0.29, 0.717) is 0 Å². The second-order valence-electron chi connectivity index (χ2n) is 7.03. The second kappa shape index (κ2) is 6.37. The van der Waals surface area contributed by atoms with Gasteiger partial charge in [-0.3, -0.25) is 4.90 Å². The van der Waals surface area contributed by atoms with E-state index in [1.165, 1.54) is 31.2 Å². The lowest BCUT2D eigenvalue weighted by atomic mass is 9.62. The number of nitrogens with two attached hydrogens (primary N) is 1. The molecular formula is C18H30N2O. The van der Waals surface area contributed by atoms with E-state index in [0.717, 1.165) is 18.8 Å². The SMILES string of the molecule is COc1ccc(CN(C)C2(CN)CCCCC2(C)C)cc1. The number of likely N-dealkylation sites (N-methyl/N-ethyl adjacent to an activating group) is 1. The average molecular weight is 290 g/mol. The van der Waals surface area contributed by atoms with Crippen molar-refractivity contribution >= 4 is 0 Å². The van der Waals surface area contributed by atoms with Gasteiger partial charge in [0.25, 0.3) is 0 Å². The van der Waals surface area contributed by atoms with Gasteiger partial charge in [-0.1, -0.05) is 38.8 Å². The van der Waals surface area contributed by atoms with Crippen molar-refractivity contribution in [2.75, 3.05) is 20.7 Å². The van der Waals surface area contributed by atoms with Crippen LogP contribution in [0.4, 0.5) is 0 Å². The first-order valence-corrected chi connectivity index (χ1v) is 7.99. The molecule has 1 unspecified atom stereocenters. The standard InChI is InChI=1S/C18H30N2O/c1-17(2)11-5-6-12-18(17,14-19)20(3)13-15-7-9-16(21-4)10-8-15/h7-10H,5-6,11-14,19H2,1-4H3. The molecule has 3 nitrogen and oxygen atoms in total. The Morgan fingerprint density at radius 2 is 1.76 bits per heavy atom. The smallest absolute Gasteiger partial charge is 0.118 e. The maximum atomic E-state index is 6.25. The van der Waals surface area contributed by atoms with Crippen LogP contribution in [0.15, 0.2) is 24.3 Å². The van der Waals surface area contributed by atoms with Crippen molar-refractivity contribution in [2.24, 2.45) is 11.1 Å². The Morgan fingerprint density at radius 3 is 2.29 bits per heavy atom. The molecule has 1 aromatic carbocycles. The third kappa shape index (κ3) is 3.09. The van der Waals surface area contributed by atoms with Crippen molar-refractivity contribution in [2.45, 2.75) is 51.6 Å². The summed E-state index contributed by atoms with van der Waals surface area (Å²) in [6, 6.07) is 8.36. The molecule has 1 aromatic rings. The predicted molar refractivity (Wildman–Crippen MR) is 88.5 cm³/mol. The van der Waals surface area contributed by atoms with E-state index < -0.39 is 0 Å². The summed E-state index contributed by atoms with van der Waals surface area (Å²) >= 11 is 0. The molecule has 0 aromatic heterocycles. The molecule has 0 heterocycles. The third-order valence-corrected chi connectivity index (χ3v) is 5.55. The highest BCUT2D eigenvalue weighted by molar-refractivity contribution is 5.27. The van der Waals surface area contributed by atoms with Gasteiger partial charge in [-0.2, -0.15) is 0 Å². The molecule has 21 heavy (non-hydrogen) atoms. The lowest BCUT2D eigenvalue weighted by molar-refractivity contribution is -0.0334. The molecule has 0 radical (unpaired) electrons. The van der Waals surface area contributed by atoms with Gasteiger partial charge >= 0.3 is 0 Å². The first-order valence-electron chi connectivity index (χ1n) is 7.99. The monoisotopic (exact) mass is 290 g/mol. The Kier molecular flexibility index (Phi) is 4.95. The molecule has 0 bridgehead atoms. The fourth-order valence-corrected chi connectivity index (χ4v) is 3.95. The number of nitrogens with zero attached hydrogens (tertiary/aromatic N) is 1. The van der Waals surface area contributed by atoms with E-state index in [-0.39, 0.29) is 11.0 Å². The maximum absolute atomic E-state index is 6.25. The second-order valence-corrected chi connectivity index (χ2v) is 7.03. The van der Waals surface area contributed by atoms with Crippen LogP contribution in [-0.2, 0) is 6.54 Å². The molecule has 3 heteroatoms. The van der Waals surface area contributed by atoms with Gasteiger partial charge in [0.2, 0.25) is 0 Å². The first kappa shape index (κ1) is 16.3. The zero-order valence-corrected chi connectivity index (χ0v) is 14.0. The number of hydrogen-bond acceptors (Lipinski definition) is 3. The number of benzene rings is 1. The summed E-state index contributed by atoms with van der Waals surface area (Å²) in [5.41, 5.74) is 7.93.